The lowest BCUT2D eigenvalue weighted by Gasteiger charge is -2.29. The van der Waals surface area contributed by atoms with E-state index in [1.54, 1.807) is 0 Å². The summed E-state index contributed by atoms with van der Waals surface area (Å²) in [5, 5.41) is 3.64. The van der Waals surface area contributed by atoms with Gasteiger partial charge in [-0.05, 0) is 51.3 Å². The van der Waals surface area contributed by atoms with Crippen LogP contribution in [0.5, 0.6) is 5.75 Å². The highest BCUT2D eigenvalue weighted by Gasteiger charge is 2.18. The van der Waals surface area contributed by atoms with Crippen molar-refractivity contribution in [3.8, 4) is 5.75 Å². The normalized spacial score (nSPS) is 13.4. The molecular formula is C16H27NO. The van der Waals surface area contributed by atoms with Crippen LogP contribution in [0.4, 0.5) is 0 Å². The van der Waals surface area contributed by atoms with E-state index >= 15 is 0 Å². The van der Waals surface area contributed by atoms with Gasteiger partial charge in [-0.2, -0.15) is 0 Å². The summed E-state index contributed by atoms with van der Waals surface area (Å²) in [4.78, 5) is 0. The van der Waals surface area contributed by atoms with E-state index in [1.165, 1.54) is 5.56 Å². The highest BCUT2D eigenvalue weighted by Crippen LogP contribution is 2.21. The molecule has 1 aromatic carbocycles. The van der Waals surface area contributed by atoms with Crippen LogP contribution in [0, 0.1) is 0 Å². The second kappa shape index (κ2) is 6.79. The van der Waals surface area contributed by atoms with Crippen LogP contribution < -0.4 is 10.1 Å². The molecule has 1 aromatic rings. The molecule has 0 aliphatic rings. The van der Waals surface area contributed by atoms with Gasteiger partial charge in [-0.1, -0.05) is 26.0 Å². The Morgan fingerprint density at radius 3 is 2.28 bits per heavy atom. The van der Waals surface area contributed by atoms with Crippen LogP contribution in [0.15, 0.2) is 24.3 Å². The molecule has 1 atom stereocenters. The molecule has 0 aromatic heterocycles. The molecular weight excluding hydrogens is 222 g/mol. The Bertz CT molecular complexity index is 343. The van der Waals surface area contributed by atoms with E-state index in [0.29, 0.717) is 6.04 Å². The summed E-state index contributed by atoms with van der Waals surface area (Å²) in [6.07, 6.45) is 2.17. The number of ether oxygens (including phenoxy) is 1. The van der Waals surface area contributed by atoms with E-state index in [-0.39, 0.29) is 5.54 Å². The van der Waals surface area contributed by atoms with Crippen LogP contribution in [0.25, 0.3) is 0 Å². The minimum Gasteiger partial charge on any atom is -0.494 e. The molecule has 1 N–H and O–H groups in total. The molecule has 0 fully saturated rings. The molecule has 0 aliphatic heterocycles. The fourth-order valence-electron chi connectivity index (χ4n) is 1.84. The molecule has 1 unspecified atom stereocenters. The molecule has 0 aliphatic carbocycles. The smallest absolute Gasteiger partial charge is 0.119 e. The summed E-state index contributed by atoms with van der Waals surface area (Å²) in [5.41, 5.74) is 1.48. The van der Waals surface area contributed by atoms with Crippen molar-refractivity contribution in [1.82, 2.24) is 5.32 Å². The zero-order chi connectivity index (χ0) is 13.6. The van der Waals surface area contributed by atoms with Crippen molar-refractivity contribution in [3.05, 3.63) is 29.8 Å². The lowest BCUT2D eigenvalue weighted by Crippen LogP contribution is -2.40. The summed E-state index contributed by atoms with van der Waals surface area (Å²) in [6, 6.07) is 8.77. The number of hydrogen-bond acceptors (Lipinski definition) is 2. The first-order chi connectivity index (χ1) is 8.48. The van der Waals surface area contributed by atoms with Crippen LogP contribution in [-0.4, -0.2) is 12.1 Å². The van der Waals surface area contributed by atoms with Gasteiger partial charge in [-0.25, -0.2) is 0 Å². The van der Waals surface area contributed by atoms with Gasteiger partial charge in [0.2, 0.25) is 0 Å². The van der Waals surface area contributed by atoms with E-state index in [4.69, 9.17) is 4.74 Å². The van der Waals surface area contributed by atoms with Crippen molar-refractivity contribution in [1.29, 1.82) is 0 Å². The number of benzene rings is 1. The quantitative estimate of drug-likeness (QED) is 0.777. The summed E-state index contributed by atoms with van der Waals surface area (Å²) in [7, 11) is 0. The van der Waals surface area contributed by atoms with E-state index < -0.39 is 0 Å². The van der Waals surface area contributed by atoms with Crippen molar-refractivity contribution in [2.75, 3.05) is 6.61 Å². The Morgan fingerprint density at radius 2 is 1.78 bits per heavy atom. The summed E-state index contributed by atoms with van der Waals surface area (Å²) >= 11 is 0. The Morgan fingerprint density at radius 1 is 1.17 bits per heavy atom. The van der Waals surface area contributed by atoms with E-state index in [0.717, 1.165) is 25.2 Å². The number of nitrogens with one attached hydrogen (secondary N) is 1. The van der Waals surface area contributed by atoms with Crippen molar-refractivity contribution < 1.29 is 4.74 Å². The molecule has 0 bridgehead atoms. The lowest BCUT2D eigenvalue weighted by molar-refractivity contribution is 0.316. The van der Waals surface area contributed by atoms with Crippen LogP contribution in [0.1, 0.15) is 59.1 Å². The van der Waals surface area contributed by atoms with Gasteiger partial charge in [-0.15, -0.1) is 0 Å². The largest absolute Gasteiger partial charge is 0.494 e. The molecule has 0 amide bonds. The SMILES string of the molecule is CCCOc1ccc(C(C)NC(C)(C)CC)cc1. The Hall–Kier alpha value is -1.02. The fourth-order valence-corrected chi connectivity index (χ4v) is 1.84. The molecule has 0 saturated heterocycles. The van der Waals surface area contributed by atoms with Crippen molar-refractivity contribution in [2.24, 2.45) is 0 Å². The van der Waals surface area contributed by atoms with Gasteiger partial charge >= 0.3 is 0 Å². The molecule has 18 heavy (non-hydrogen) atoms. The van der Waals surface area contributed by atoms with Crippen molar-refractivity contribution >= 4 is 0 Å². The number of hydrogen-bond donors (Lipinski definition) is 1. The minimum absolute atomic E-state index is 0.177. The van der Waals surface area contributed by atoms with Gasteiger partial charge in [-0.3, -0.25) is 0 Å². The molecule has 2 heteroatoms. The predicted octanol–water partition coefficient (Wildman–Crippen LogP) is 4.31. The second-order valence-electron chi connectivity index (χ2n) is 5.52. The third-order valence-corrected chi connectivity index (χ3v) is 3.34. The van der Waals surface area contributed by atoms with Gasteiger partial charge < -0.3 is 10.1 Å². The summed E-state index contributed by atoms with van der Waals surface area (Å²) < 4.78 is 5.59. The van der Waals surface area contributed by atoms with Crippen LogP contribution in [-0.2, 0) is 0 Å². The first kappa shape index (κ1) is 15.0. The molecule has 0 heterocycles. The minimum atomic E-state index is 0.177. The lowest BCUT2D eigenvalue weighted by atomic mass is 9.98. The van der Waals surface area contributed by atoms with Gasteiger partial charge in [0.15, 0.2) is 0 Å². The van der Waals surface area contributed by atoms with Gasteiger partial charge in [0.1, 0.15) is 5.75 Å². The fraction of sp³-hybridized carbons (Fsp3) is 0.625. The highest BCUT2D eigenvalue weighted by atomic mass is 16.5. The standard InChI is InChI=1S/C16H27NO/c1-6-12-18-15-10-8-14(9-11-15)13(3)17-16(4,5)7-2/h8-11,13,17H,6-7,12H2,1-5H3. The summed E-state index contributed by atoms with van der Waals surface area (Å²) in [6.45, 7) is 11.8. The predicted molar refractivity (Wildman–Crippen MR) is 78.1 cm³/mol. The maximum atomic E-state index is 5.59. The maximum absolute atomic E-state index is 5.59. The monoisotopic (exact) mass is 249 g/mol. The number of rotatable bonds is 7. The average Bonchev–Trinajstić information content (AvgIpc) is 2.36. The van der Waals surface area contributed by atoms with Gasteiger partial charge in [0.25, 0.3) is 0 Å². The van der Waals surface area contributed by atoms with Crippen molar-refractivity contribution in [2.45, 2.75) is 59.0 Å². The first-order valence-electron chi connectivity index (χ1n) is 6.99. The third kappa shape index (κ3) is 4.69. The first-order valence-corrected chi connectivity index (χ1v) is 6.99. The van der Waals surface area contributed by atoms with Crippen LogP contribution >= 0.6 is 0 Å². The maximum Gasteiger partial charge on any atom is 0.119 e. The Labute approximate surface area is 112 Å². The Balaban J connectivity index is 2.61. The zero-order valence-corrected chi connectivity index (χ0v) is 12.4. The molecule has 2 nitrogen and oxygen atoms in total. The Kier molecular flexibility index (Phi) is 5.67. The molecule has 0 saturated carbocycles. The average molecular weight is 249 g/mol. The molecule has 1 rings (SSSR count). The van der Waals surface area contributed by atoms with E-state index in [1.807, 2.05) is 0 Å². The van der Waals surface area contributed by atoms with Gasteiger partial charge in [0.05, 0.1) is 6.61 Å². The van der Waals surface area contributed by atoms with Crippen molar-refractivity contribution in [3.63, 3.8) is 0 Å². The second-order valence-corrected chi connectivity index (χ2v) is 5.52. The molecule has 0 radical (unpaired) electrons. The van der Waals surface area contributed by atoms with Crippen LogP contribution in [0.2, 0.25) is 0 Å². The van der Waals surface area contributed by atoms with Gasteiger partial charge in [0, 0.05) is 11.6 Å². The summed E-state index contributed by atoms with van der Waals surface area (Å²) in [5.74, 6) is 0.961. The topological polar surface area (TPSA) is 21.3 Å². The molecule has 0 spiro atoms. The van der Waals surface area contributed by atoms with E-state index in [2.05, 4.69) is 64.2 Å². The third-order valence-electron chi connectivity index (χ3n) is 3.34. The molecule has 102 valence electrons. The van der Waals surface area contributed by atoms with Crippen LogP contribution in [0.3, 0.4) is 0 Å². The van der Waals surface area contributed by atoms with E-state index in [9.17, 15) is 0 Å². The highest BCUT2D eigenvalue weighted by molar-refractivity contribution is 5.29. The zero-order valence-electron chi connectivity index (χ0n) is 12.4.